The third kappa shape index (κ3) is 5.27. The minimum atomic E-state index is 0.674. The predicted octanol–water partition coefficient (Wildman–Crippen LogP) is 15.1. The fourth-order valence-corrected chi connectivity index (χ4v) is 9.91. The summed E-state index contributed by atoms with van der Waals surface area (Å²) in [4.78, 5) is 10.7. The molecule has 0 atom stereocenters. The Morgan fingerprint density at radius 2 is 0.742 bits per heavy atom. The summed E-state index contributed by atoms with van der Waals surface area (Å²) in [5.74, 6) is 1.49. The number of benzene rings is 10. The molecular formula is C58H36N4. The van der Waals surface area contributed by atoms with Crippen LogP contribution in [0.2, 0.25) is 0 Å². The Balaban J connectivity index is 0.996. The molecule has 0 amide bonds. The van der Waals surface area contributed by atoms with E-state index < -0.39 is 0 Å². The largest absolute Gasteiger partial charge is 0.309 e. The zero-order chi connectivity index (χ0) is 40.7. The van der Waals surface area contributed by atoms with E-state index in [0.29, 0.717) is 5.82 Å². The van der Waals surface area contributed by atoms with Crippen LogP contribution in [-0.4, -0.2) is 19.1 Å². The molecule has 62 heavy (non-hydrogen) atoms. The molecule has 13 aromatic rings. The minimum Gasteiger partial charge on any atom is -0.309 e. The van der Waals surface area contributed by atoms with Crippen LogP contribution in [0.1, 0.15) is 0 Å². The Labute approximate surface area is 357 Å². The monoisotopic (exact) mass is 788 g/mol. The van der Waals surface area contributed by atoms with Crippen LogP contribution < -0.4 is 0 Å². The number of hydrogen-bond acceptors (Lipinski definition) is 2. The molecule has 0 fully saturated rings. The summed E-state index contributed by atoms with van der Waals surface area (Å²) in [5.41, 5.74) is 10.8. The van der Waals surface area contributed by atoms with Gasteiger partial charge >= 0.3 is 0 Å². The number of rotatable bonds is 5. The van der Waals surface area contributed by atoms with Crippen LogP contribution in [0, 0.1) is 0 Å². The highest BCUT2D eigenvalue weighted by Crippen LogP contribution is 2.40. The van der Waals surface area contributed by atoms with Crippen LogP contribution in [-0.2, 0) is 0 Å². The molecule has 4 nitrogen and oxygen atoms in total. The van der Waals surface area contributed by atoms with E-state index in [-0.39, 0.29) is 0 Å². The fourth-order valence-electron chi connectivity index (χ4n) is 9.91. The smallest absolute Gasteiger partial charge is 0.162 e. The van der Waals surface area contributed by atoms with E-state index in [2.05, 4.69) is 221 Å². The van der Waals surface area contributed by atoms with E-state index in [0.717, 1.165) is 50.5 Å². The van der Waals surface area contributed by atoms with E-state index in [1.54, 1.807) is 0 Å². The highest BCUT2D eigenvalue weighted by atomic mass is 15.1. The second-order valence-corrected chi connectivity index (χ2v) is 16.2. The van der Waals surface area contributed by atoms with Crippen LogP contribution in [0.5, 0.6) is 0 Å². The first kappa shape index (κ1) is 34.5. The summed E-state index contributed by atoms with van der Waals surface area (Å²) in [7, 11) is 0. The molecule has 0 spiro atoms. The van der Waals surface area contributed by atoms with Gasteiger partial charge in [0.05, 0.1) is 27.8 Å². The Bertz CT molecular complexity index is 3840. The zero-order valence-corrected chi connectivity index (χ0v) is 33.6. The first-order valence-electron chi connectivity index (χ1n) is 21.2. The molecule has 0 aliphatic heterocycles. The first-order valence-corrected chi connectivity index (χ1v) is 21.2. The Morgan fingerprint density at radius 1 is 0.258 bits per heavy atom. The van der Waals surface area contributed by atoms with E-state index in [1.807, 2.05) is 6.07 Å². The van der Waals surface area contributed by atoms with Gasteiger partial charge in [-0.15, -0.1) is 0 Å². The molecule has 0 bridgehead atoms. The molecule has 0 N–H and O–H groups in total. The van der Waals surface area contributed by atoms with Crippen molar-refractivity contribution in [3.63, 3.8) is 0 Å². The molecule has 13 rings (SSSR count). The molecule has 3 heterocycles. The topological polar surface area (TPSA) is 35.6 Å². The third-order valence-corrected chi connectivity index (χ3v) is 12.7. The molecule has 10 aromatic carbocycles. The number of fused-ring (bicyclic) bond motifs is 12. The van der Waals surface area contributed by atoms with Gasteiger partial charge in [-0.05, 0) is 92.0 Å². The second-order valence-electron chi connectivity index (χ2n) is 16.2. The summed E-state index contributed by atoms with van der Waals surface area (Å²) >= 11 is 0. The lowest BCUT2D eigenvalue weighted by atomic mass is 9.92. The second kappa shape index (κ2) is 13.6. The van der Waals surface area contributed by atoms with Crippen molar-refractivity contribution in [1.82, 2.24) is 19.1 Å². The summed E-state index contributed by atoms with van der Waals surface area (Å²) < 4.78 is 4.69. The predicted molar refractivity (Wildman–Crippen MR) is 260 cm³/mol. The van der Waals surface area contributed by atoms with Crippen molar-refractivity contribution in [2.45, 2.75) is 0 Å². The van der Waals surface area contributed by atoms with Crippen LogP contribution in [0.4, 0.5) is 0 Å². The average Bonchev–Trinajstić information content (AvgIpc) is 3.87. The summed E-state index contributed by atoms with van der Waals surface area (Å²) in [6.07, 6.45) is 0. The number of para-hydroxylation sites is 3. The Kier molecular flexibility index (Phi) is 7.57. The van der Waals surface area contributed by atoms with Gasteiger partial charge in [-0.1, -0.05) is 164 Å². The fraction of sp³-hybridized carbons (Fsp3) is 0. The molecule has 0 saturated heterocycles. The summed E-state index contributed by atoms with van der Waals surface area (Å²) in [6, 6.07) is 78.5. The molecule has 0 aliphatic carbocycles. The van der Waals surface area contributed by atoms with Crippen molar-refractivity contribution in [2.24, 2.45) is 0 Å². The lowest BCUT2D eigenvalue weighted by Gasteiger charge is -2.14. The lowest BCUT2D eigenvalue weighted by Crippen LogP contribution is -2.02. The maximum absolute atomic E-state index is 5.43. The van der Waals surface area contributed by atoms with Crippen molar-refractivity contribution < 1.29 is 0 Å². The number of nitrogens with zero attached hydrogens (tertiary/aromatic N) is 4. The third-order valence-electron chi connectivity index (χ3n) is 12.7. The standard InChI is InChI=1S/C58H36N4/c1-2-15-37(16-3-1)52-36-57(62-55-28-13-10-25-49(55)51-35-41(30-32-56(51)62)61-53-26-11-8-23-47(53)48-24-9-12-27-54(48)61)60-58(59-52)40-18-14-17-38(33-40)39-29-31-46-44-21-5-4-19-42(44)43-20-6-7-22-45(43)50(46)34-39/h1-36H. The van der Waals surface area contributed by atoms with Crippen molar-refractivity contribution in [3.8, 4) is 45.3 Å². The van der Waals surface area contributed by atoms with E-state index in [9.17, 15) is 0 Å². The van der Waals surface area contributed by atoms with Crippen LogP contribution in [0.25, 0.3) is 121 Å². The maximum atomic E-state index is 5.43. The van der Waals surface area contributed by atoms with Gasteiger partial charge in [0.15, 0.2) is 5.82 Å². The molecular weight excluding hydrogens is 753 g/mol. The van der Waals surface area contributed by atoms with Gasteiger partial charge in [0, 0.05) is 44.4 Å². The molecule has 4 heteroatoms. The summed E-state index contributed by atoms with van der Waals surface area (Å²) in [6.45, 7) is 0. The van der Waals surface area contributed by atoms with Crippen molar-refractivity contribution in [3.05, 3.63) is 218 Å². The van der Waals surface area contributed by atoms with Gasteiger partial charge < -0.3 is 4.57 Å². The van der Waals surface area contributed by atoms with Gasteiger partial charge in [-0.2, -0.15) is 0 Å². The van der Waals surface area contributed by atoms with Gasteiger partial charge in [0.1, 0.15) is 5.82 Å². The maximum Gasteiger partial charge on any atom is 0.162 e. The molecule has 0 unspecified atom stereocenters. The van der Waals surface area contributed by atoms with Gasteiger partial charge in [0.2, 0.25) is 0 Å². The SMILES string of the molecule is c1ccc(-c2cc(-n3c4ccccc4c4cc(-n5c6ccccc6c6ccccc65)ccc43)nc(-c3cccc(-c4ccc5c6ccccc6c6ccccc6c5c4)c3)n2)cc1. The van der Waals surface area contributed by atoms with Crippen LogP contribution in [0.3, 0.4) is 0 Å². The highest BCUT2D eigenvalue weighted by molar-refractivity contribution is 6.25. The van der Waals surface area contributed by atoms with E-state index in [4.69, 9.17) is 9.97 Å². The van der Waals surface area contributed by atoms with Crippen molar-refractivity contribution >= 4 is 75.9 Å². The molecule has 0 radical (unpaired) electrons. The minimum absolute atomic E-state index is 0.674. The van der Waals surface area contributed by atoms with E-state index >= 15 is 0 Å². The lowest BCUT2D eigenvalue weighted by molar-refractivity contribution is 1.05. The van der Waals surface area contributed by atoms with Gasteiger partial charge in [-0.25, -0.2) is 9.97 Å². The number of hydrogen-bond donors (Lipinski definition) is 0. The first-order chi connectivity index (χ1) is 30.7. The van der Waals surface area contributed by atoms with Gasteiger partial charge in [-0.3, -0.25) is 4.57 Å². The van der Waals surface area contributed by atoms with Crippen LogP contribution >= 0.6 is 0 Å². The zero-order valence-electron chi connectivity index (χ0n) is 33.6. The highest BCUT2D eigenvalue weighted by Gasteiger charge is 2.19. The molecule has 288 valence electrons. The average molecular weight is 789 g/mol. The van der Waals surface area contributed by atoms with E-state index in [1.165, 1.54) is 64.9 Å². The number of aromatic nitrogens is 4. The van der Waals surface area contributed by atoms with Crippen LogP contribution in [0.15, 0.2) is 218 Å². The quantitative estimate of drug-likeness (QED) is 0.163. The molecule has 0 saturated carbocycles. The molecule has 0 aliphatic rings. The van der Waals surface area contributed by atoms with Crippen molar-refractivity contribution in [2.75, 3.05) is 0 Å². The molecule has 3 aromatic heterocycles. The normalized spacial score (nSPS) is 11.9. The van der Waals surface area contributed by atoms with Crippen molar-refractivity contribution in [1.29, 1.82) is 0 Å². The summed E-state index contributed by atoms with van der Waals surface area (Å²) in [5, 5.41) is 12.4. The van der Waals surface area contributed by atoms with Gasteiger partial charge in [0.25, 0.3) is 0 Å². The Morgan fingerprint density at radius 3 is 1.40 bits per heavy atom. The Hall–Kier alpha value is -8.34.